The molecule has 0 N–H and O–H groups in total. The van der Waals surface area contributed by atoms with Crippen molar-refractivity contribution in [3.05, 3.63) is 33.6 Å². The van der Waals surface area contributed by atoms with Gasteiger partial charge in [0.2, 0.25) is 0 Å². The maximum absolute atomic E-state index is 13.0. The highest BCUT2D eigenvalue weighted by atomic mass is 35.5. The summed E-state index contributed by atoms with van der Waals surface area (Å²) in [5.74, 6) is -0.774. The molecule has 4 heteroatoms. The Balaban J connectivity index is 3.09. The molecule has 76 valence electrons. The monoisotopic (exact) mass is 234 g/mol. The number of benzene rings is 1. The predicted molar refractivity (Wildman–Crippen MR) is 55.7 cm³/mol. The van der Waals surface area contributed by atoms with Gasteiger partial charge in [0.05, 0.1) is 10.0 Å². The van der Waals surface area contributed by atoms with E-state index in [-0.39, 0.29) is 21.4 Å². The van der Waals surface area contributed by atoms with E-state index in [1.807, 2.05) is 6.92 Å². The van der Waals surface area contributed by atoms with Crippen LogP contribution in [0.1, 0.15) is 30.1 Å². The van der Waals surface area contributed by atoms with Gasteiger partial charge in [-0.3, -0.25) is 4.79 Å². The van der Waals surface area contributed by atoms with E-state index in [4.69, 9.17) is 23.2 Å². The van der Waals surface area contributed by atoms with E-state index in [9.17, 15) is 9.18 Å². The highest BCUT2D eigenvalue weighted by molar-refractivity contribution is 6.36. The molecule has 0 aliphatic carbocycles. The Bertz CT molecular complexity index is 363. The summed E-state index contributed by atoms with van der Waals surface area (Å²) < 4.78 is 13.0. The average molecular weight is 235 g/mol. The Labute approximate surface area is 91.8 Å². The molecule has 0 spiro atoms. The minimum absolute atomic E-state index is 0.0666. The molecule has 0 bridgehead atoms. The summed E-state index contributed by atoms with van der Waals surface area (Å²) in [6, 6.07) is 2.34. The van der Waals surface area contributed by atoms with E-state index in [1.165, 1.54) is 6.07 Å². The summed E-state index contributed by atoms with van der Waals surface area (Å²) in [6.07, 6.45) is 1.07. The number of halogens is 3. The van der Waals surface area contributed by atoms with Crippen LogP contribution in [0.5, 0.6) is 0 Å². The number of rotatable bonds is 3. The molecule has 14 heavy (non-hydrogen) atoms. The highest BCUT2D eigenvalue weighted by Crippen LogP contribution is 2.25. The fraction of sp³-hybridized carbons (Fsp3) is 0.300. The van der Waals surface area contributed by atoms with Gasteiger partial charge in [0.15, 0.2) is 5.78 Å². The fourth-order valence-corrected chi connectivity index (χ4v) is 1.59. The van der Waals surface area contributed by atoms with Gasteiger partial charge in [-0.1, -0.05) is 30.1 Å². The van der Waals surface area contributed by atoms with Crippen LogP contribution in [0.15, 0.2) is 12.1 Å². The fourth-order valence-electron chi connectivity index (χ4n) is 1.10. The normalized spacial score (nSPS) is 10.3. The minimum atomic E-state index is -0.615. The molecule has 1 aromatic rings. The maximum atomic E-state index is 13.0. The summed E-state index contributed by atoms with van der Waals surface area (Å²) in [5.41, 5.74) is 0.204. The Kier molecular flexibility index (Phi) is 3.90. The third-order valence-electron chi connectivity index (χ3n) is 1.79. The lowest BCUT2D eigenvalue weighted by Crippen LogP contribution is -2.00. The third-order valence-corrected chi connectivity index (χ3v) is 2.39. The van der Waals surface area contributed by atoms with Crippen molar-refractivity contribution in [2.24, 2.45) is 0 Å². The Morgan fingerprint density at radius 3 is 2.57 bits per heavy atom. The molecule has 0 aliphatic heterocycles. The van der Waals surface area contributed by atoms with Crippen molar-refractivity contribution < 1.29 is 9.18 Å². The molecule has 1 nitrogen and oxygen atoms in total. The third kappa shape index (κ3) is 2.46. The zero-order valence-corrected chi connectivity index (χ0v) is 9.12. The van der Waals surface area contributed by atoms with Crippen LogP contribution >= 0.6 is 23.2 Å². The summed E-state index contributed by atoms with van der Waals surface area (Å²) in [5, 5.41) is 0.137. The molecular formula is C10H9Cl2FO. The summed E-state index contributed by atoms with van der Waals surface area (Å²) >= 11 is 11.3. The molecule has 1 aromatic carbocycles. The second kappa shape index (κ2) is 4.76. The molecule has 0 unspecified atom stereocenters. The zero-order chi connectivity index (χ0) is 10.7. The van der Waals surface area contributed by atoms with Gasteiger partial charge in [0.1, 0.15) is 5.82 Å². The second-order valence-corrected chi connectivity index (χ2v) is 3.73. The lowest BCUT2D eigenvalue weighted by Gasteiger charge is -2.03. The van der Waals surface area contributed by atoms with Gasteiger partial charge in [-0.15, -0.1) is 0 Å². The summed E-state index contributed by atoms with van der Waals surface area (Å²) in [6.45, 7) is 1.87. The van der Waals surface area contributed by atoms with Crippen LogP contribution < -0.4 is 0 Å². The minimum Gasteiger partial charge on any atom is -0.294 e. The molecule has 0 heterocycles. The molecule has 0 aromatic heterocycles. The number of ketones is 1. The van der Waals surface area contributed by atoms with Gasteiger partial charge in [-0.25, -0.2) is 4.39 Å². The molecule has 1 rings (SSSR count). The molecular weight excluding hydrogens is 226 g/mol. The topological polar surface area (TPSA) is 17.1 Å². The SMILES string of the molecule is CCCC(=O)c1cc(F)c(Cl)cc1Cl. The summed E-state index contributed by atoms with van der Waals surface area (Å²) in [4.78, 5) is 11.4. The van der Waals surface area contributed by atoms with Gasteiger partial charge < -0.3 is 0 Å². The number of carbonyl (C=O) groups is 1. The number of carbonyl (C=O) groups excluding carboxylic acids is 1. The number of Topliss-reactive ketones (excluding diaryl/α,β-unsaturated/α-hetero) is 1. The van der Waals surface area contributed by atoms with Gasteiger partial charge in [-0.2, -0.15) is 0 Å². The largest absolute Gasteiger partial charge is 0.294 e. The lowest BCUT2D eigenvalue weighted by molar-refractivity contribution is 0.0981. The quantitative estimate of drug-likeness (QED) is 0.569. The number of hydrogen-bond acceptors (Lipinski definition) is 1. The van der Waals surface area contributed by atoms with E-state index in [1.54, 1.807) is 0 Å². The van der Waals surface area contributed by atoms with Gasteiger partial charge in [-0.05, 0) is 18.6 Å². The maximum Gasteiger partial charge on any atom is 0.164 e. The molecule has 0 aliphatic rings. The van der Waals surface area contributed by atoms with Gasteiger partial charge in [0.25, 0.3) is 0 Å². The molecule has 0 radical (unpaired) electrons. The smallest absolute Gasteiger partial charge is 0.164 e. The molecule has 0 fully saturated rings. The van der Waals surface area contributed by atoms with Crippen LogP contribution in [0.2, 0.25) is 10.0 Å². The lowest BCUT2D eigenvalue weighted by atomic mass is 10.1. The van der Waals surface area contributed by atoms with E-state index < -0.39 is 5.82 Å². The van der Waals surface area contributed by atoms with Crippen molar-refractivity contribution in [2.45, 2.75) is 19.8 Å². The van der Waals surface area contributed by atoms with E-state index in [0.717, 1.165) is 6.07 Å². The first-order valence-corrected chi connectivity index (χ1v) is 4.99. The van der Waals surface area contributed by atoms with Crippen LogP contribution in [-0.2, 0) is 0 Å². The highest BCUT2D eigenvalue weighted by Gasteiger charge is 2.12. The van der Waals surface area contributed by atoms with Crippen LogP contribution in [0.3, 0.4) is 0 Å². The summed E-state index contributed by atoms with van der Waals surface area (Å²) in [7, 11) is 0. The van der Waals surface area contributed by atoms with Crippen molar-refractivity contribution in [1.29, 1.82) is 0 Å². The average Bonchev–Trinajstić information content (AvgIpc) is 2.11. The molecule has 0 atom stereocenters. The van der Waals surface area contributed by atoms with Crippen molar-refractivity contribution >= 4 is 29.0 Å². The van der Waals surface area contributed by atoms with Crippen molar-refractivity contribution in [2.75, 3.05) is 0 Å². The molecule has 0 saturated heterocycles. The van der Waals surface area contributed by atoms with Crippen molar-refractivity contribution in [3.63, 3.8) is 0 Å². The predicted octanol–water partition coefficient (Wildman–Crippen LogP) is 4.12. The van der Waals surface area contributed by atoms with Crippen LogP contribution in [0.4, 0.5) is 4.39 Å². The zero-order valence-electron chi connectivity index (χ0n) is 7.61. The number of hydrogen-bond donors (Lipinski definition) is 0. The Morgan fingerprint density at radius 2 is 2.00 bits per heavy atom. The van der Waals surface area contributed by atoms with Crippen LogP contribution in [-0.4, -0.2) is 5.78 Å². The second-order valence-electron chi connectivity index (χ2n) is 2.92. The van der Waals surface area contributed by atoms with Crippen molar-refractivity contribution in [3.8, 4) is 0 Å². The first kappa shape index (κ1) is 11.5. The standard InChI is InChI=1S/C10H9Cl2FO/c1-2-3-10(14)6-4-9(13)8(12)5-7(6)11/h4-5H,2-3H2,1H3. The Morgan fingerprint density at radius 1 is 1.36 bits per heavy atom. The Hall–Kier alpha value is -0.600. The first-order chi connectivity index (χ1) is 6.56. The van der Waals surface area contributed by atoms with E-state index >= 15 is 0 Å². The van der Waals surface area contributed by atoms with Gasteiger partial charge >= 0.3 is 0 Å². The van der Waals surface area contributed by atoms with Crippen LogP contribution in [0.25, 0.3) is 0 Å². The van der Waals surface area contributed by atoms with E-state index in [2.05, 4.69) is 0 Å². The van der Waals surface area contributed by atoms with Crippen molar-refractivity contribution in [1.82, 2.24) is 0 Å². The first-order valence-electron chi connectivity index (χ1n) is 4.24. The molecule has 0 amide bonds. The van der Waals surface area contributed by atoms with Crippen LogP contribution in [0, 0.1) is 5.82 Å². The van der Waals surface area contributed by atoms with E-state index in [0.29, 0.717) is 12.8 Å². The van der Waals surface area contributed by atoms with Gasteiger partial charge in [0, 0.05) is 12.0 Å². The molecule has 0 saturated carbocycles.